The molecule has 6 atom stereocenters. The van der Waals surface area contributed by atoms with Gasteiger partial charge in [-0.2, -0.15) is 0 Å². The minimum atomic E-state index is -1.56. The van der Waals surface area contributed by atoms with Crippen LogP contribution in [0.15, 0.2) is 134 Å². The lowest BCUT2D eigenvalue weighted by molar-refractivity contribution is -0.305. The number of hydrogen-bond donors (Lipinski definition) is 4. The van der Waals surface area contributed by atoms with Crippen molar-refractivity contribution in [3.63, 3.8) is 0 Å². The third-order valence-electron chi connectivity index (χ3n) is 10.6. The van der Waals surface area contributed by atoms with Gasteiger partial charge in [0.1, 0.15) is 30.5 Å². The van der Waals surface area contributed by atoms with Crippen molar-refractivity contribution in [1.82, 2.24) is 0 Å². The summed E-state index contributed by atoms with van der Waals surface area (Å²) in [4.78, 5) is 12.8. The first-order valence-corrected chi connectivity index (χ1v) is 25.3. The molecule has 0 aromatic carbocycles. The third-order valence-corrected chi connectivity index (χ3v) is 10.6. The smallest absolute Gasteiger partial charge is 0.306 e. The zero-order valence-electron chi connectivity index (χ0n) is 40.9. The molecule has 1 rings (SSSR count). The van der Waals surface area contributed by atoms with E-state index in [0.717, 1.165) is 128 Å². The monoisotopic (exact) mass is 919 g/mol. The molecule has 9 heteroatoms. The second-order valence-corrected chi connectivity index (χ2v) is 16.5. The maximum atomic E-state index is 12.8. The van der Waals surface area contributed by atoms with Gasteiger partial charge in [0.2, 0.25) is 0 Å². The Morgan fingerprint density at radius 1 is 0.485 bits per heavy atom. The minimum Gasteiger partial charge on any atom is -0.457 e. The molecule has 1 aliphatic rings. The predicted octanol–water partition coefficient (Wildman–Crippen LogP) is 12.5. The van der Waals surface area contributed by atoms with Crippen molar-refractivity contribution in [2.24, 2.45) is 0 Å². The Labute approximate surface area is 400 Å². The lowest BCUT2D eigenvalue weighted by Crippen LogP contribution is -2.59. The third kappa shape index (κ3) is 36.4. The van der Waals surface area contributed by atoms with Crippen LogP contribution in [0.5, 0.6) is 0 Å². The molecule has 0 radical (unpaired) electrons. The van der Waals surface area contributed by atoms with Gasteiger partial charge in [-0.25, -0.2) is 0 Å². The van der Waals surface area contributed by atoms with Crippen LogP contribution in [-0.4, -0.2) is 89.6 Å². The Hall–Kier alpha value is -3.67. The van der Waals surface area contributed by atoms with E-state index in [0.29, 0.717) is 13.0 Å². The van der Waals surface area contributed by atoms with Crippen molar-refractivity contribution in [1.29, 1.82) is 0 Å². The van der Waals surface area contributed by atoms with Gasteiger partial charge in [0.25, 0.3) is 0 Å². The van der Waals surface area contributed by atoms with Gasteiger partial charge in [-0.3, -0.25) is 4.79 Å². The van der Waals surface area contributed by atoms with E-state index >= 15 is 0 Å². The molecule has 0 saturated carbocycles. The van der Waals surface area contributed by atoms with Crippen LogP contribution in [-0.2, 0) is 23.7 Å². The Morgan fingerprint density at radius 3 is 1.30 bits per heavy atom. The average Bonchev–Trinajstić information content (AvgIpc) is 3.32. The first-order chi connectivity index (χ1) is 32.4. The lowest BCUT2D eigenvalue weighted by Gasteiger charge is -2.39. The number of unbranched alkanes of at least 4 members (excludes halogenated alkanes) is 8. The van der Waals surface area contributed by atoms with Crippen molar-refractivity contribution in [2.45, 2.75) is 192 Å². The van der Waals surface area contributed by atoms with Crippen LogP contribution in [0.25, 0.3) is 0 Å². The van der Waals surface area contributed by atoms with Gasteiger partial charge in [-0.05, 0) is 109 Å². The lowest BCUT2D eigenvalue weighted by atomic mass is 9.99. The van der Waals surface area contributed by atoms with Gasteiger partial charge in [0, 0.05) is 13.0 Å². The topological polar surface area (TPSA) is 135 Å². The molecule has 66 heavy (non-hydrogen) atoms. The number of carbonyl (C=O) groups excluding carboxylic acids is 1. The summed E-state index contributed by atoms with van der Waals surface area (Å²) in [5, 5.41) is 40.2. The van der Waals surface area contributed by atoms with E-state index in [9.17, 15) is 25.2 Å². The highest BCUT2D eigenvalue weighted by molar-refractivity contribution is 5.69. The highest BCUT2D eigenvalue weighted by Gasteiger charge is 2.44. The zero-order chi connectivity index (χ0) is 47.8. The molecule has 0 bridgehead atoms. The fourth-order valence-corrected chi connectivity index (χ4v) is 6.70. The van der Waals surface area contributed by atoms with Gasteiger partial charge < -0.3 is 39.4 Å². The second kappa shape index (κ2) is 46.4. The zero-order valence-corrected chi connectivity index (χ0v) is 40.9. The molecular formula is C57H90O9. The summed E-state index contributed by atoms with van der Waals surface area (Å²) in [5.74, 6) is -0.354. The van der Waals surface area contributed by atoms with Crippen LogP contribution < -0.4 is 0 Å². The molecule has 0 amide bonds. The number of carbonyl (C=O) groups is 1. The van der Waals surface area contributed by atoms with Crippen LogP contribution in [0, 0.1) is 0 Å². The number of aliphatic hydroxyl groups is 4. The van der Waals surface area contributed by atoms with Gasteiger partial charge in [-0.15, -0.1) is 0 Å². The SMILES string of the molecule is CC/C=C\C/C=C\C/C=C\C/C=C\C/C=C\C/C=C\CCCCCCC(=O)OC(COCCCCCC/C=C\C/C=C\C/C=C\C/C=C\C/C=C\CC)COC1OC(CO)C(O)C(O)C1O. The van der Waals surface area contributed by atoms with E-state index in [-0.39, 0.29) is 25.6 Å². The first-order valence-electron chi connectivity index (χ1n) is 25.3. The Morgan fingerprint density at radius 2 is 0.879 bits per heavy atom. The van der Waals surface area contributed by atoms with E-state index in [2.05, 4.69) is 148 Å². The summed E-state index contributed by atoms with van der Waals surface area (Å²) in [6.07, 6.45) is 61.9. The van der Waals surface area contributed by atoms with Crippen LogP contribution in [0.2, 0.25) is 0 Å². The van der Waals surface area contributed by atoms with Crippen molar-refractivity contribution < 1.29 is 44.2 Å². The molecule has 0 aromatic rings. The quantitative estimate of drug-likeness (QED) is 0.0269. The summed E-state index contributed by atoms with van der Waals surface area (Å²) in [6, 6.07) is 0. The Bertz CT molecular complexity index is 1460. The summed E-state index contributed by atoms with van der Waals surface area (Å²) >= 11 is 0. The molecule has 9 nitrogen and oxygen atoms in total. The first kappa shape index (κ1) is 60.3. The summed E-state index contributed by atoms with van der Waals surface area (Å²) < 4.78 is 22.8. The largest absolute Gasteiger partial charge is 0.457 e. The highest BCUT2D eigenvalue weighted by atomic mass is 16.7. The molecule has 0 spiro atoms. The maximum Gasteiger partial charge on any atom is 0.306 e. The molecule has 0 aliphatic carbocycles. The minimum absolute atomic E-state index is 0.106. The fraction of sp³-hybridized carbons (Fsp3) is 0.596. The molecule has 372 valence electrons. The van der Waals surface area contributed by atoms with Crippen molar-refractivity contribution in [2.75, 3.05) is 26.4 Å². The van der Waals surface area contributed by atoms with Gasteiger partial charge in [-0.1, -0.05) is 173 Å². The number of rotatable bonds is 41. The fourth-order valence-electron chi connectivity index (χ4n) is 6.70. The molecule has 4 N–H and O–H groups in total. The van der Waals surface area contributed by atoms with Crippen LogP contribution >= 0.6 is 0 Å². The Kier molecular flexibility index (Phi) is 42.5. The number of hydrogen-bond acceptors (Lipinski definition) is 9. The molecule has 1 heterocycles. The van der Waals surface area contributed by atoms with Crippen LogP contribution in [0.1, 0.15) is 155 Å². The summed E-state index contributed by atoms with van der Waals surface area (Å²) in [7, 11) is 0. The molecular weight excluding hydrogens is 829 g/mol. The average molecular weight is 919 g/mol. The van der Waals surface area contributed by atoms with Gasteiger partial charge in [0.15, 0.2) is 6.29 Å². The van der Waals surface area contributed by atoms with Crippen molar-refractivity contribution in [3.05, 3.63) is 134 Å². The molecule has 1 aliphatic heterocycles. The van der Waals surface area contributed by atoms with E-state index in [1.54, 1.807) is 0 Å². The number of aliphatic hydroxyl groups excluding tert-OH is 4. The number of ether oxygens (including phenoxy) is 4. The van der Waals surface area contributed by atoms with Crippen molar-refractivity contribution >= 4 is 5.97 Å². The van der Waals surface area contributed by atoms with Gasteiger partial charge in [0.05, 0.1) is 19.8 Å². The molecule has 6 unspecified atom stereocenters. The predicted molar refractivity (Wildman–Crippen MR) is 274 cm³/mol. The molecule has 1 fully saturated rings. The highest BCUT2D eigenvalue weighted by Crippen LogP contribution is 2.22. The maximum absolute atomic E-state index is 12.8. The Balaban J connectivity index is 2.29. The summed E-state index contributed by atoms with van der Waals surface area (Å²) in [6.45, 7) is 4.21. The summed E-state index contributed by atoms with van der Waals surface area (Å²) in [5.41, 5.74) is 0. The molecule has 1 saturated heterocycles. The van der Waals surface area contributed by atoms with Gasteiger partial charge >= 0.3 is 5.97 Å². The second-order valence-electron chi connectivity index (χ2n) is 16.5. The van der Waals surface area contributed by atoms with E-state index in [1.165, 1.54) is 0 Å². The van der Waals surface area contributed by atoms with Crippen molar-refractivity contribution in [3.8, 4) is 0 Å². The normalized spacial score (nSPS) is 20.5. The van der Waals surface area contributed by atoms with Crippen LogP contribution in [0.4, 0.5) is 0 Å². The standard InChI is InChI=1S/C57H90O9/c1-3-5-7-9-11-13-15-17-19-21-23-25-26-27-28-30-32-34-36-38-40-42-44-46-53(59)65-51(50-64-57-56(62)55(61)54(60)52(48-58)66-57)49-63-47-45-43-41-39-37-35-33-31-29-24-22-20-18-16-14-12-10-8-6-4-2/h5-8,11-14,17-20,23-25,27-29,32-35,51-52,54-58,60-62H,3-4,9-10,15-16,21-22,26,30-31,36-50H2,1-2H3/b7-5-,8-6-,13-11-,14-12-,19-17-,20-18-,25-23-,28-27-,29-24-,34-32-,35-33-. The van der Waals surface area contributed by atoms with E-state index < -0.39 is 43.4 Å². The van der Waals surface area contributed by atoms with E-state index in [1.807, 2.05) is 0 Å². The number of esters is 1. The van der Waals surface area contributed by atoms with Crippen LogP contribution in [0.3, 0.4) is 0 Å². The number of allylic oxidation sites excluding steroid dienone is 22. The molecule has 0 aromatic heterocycles. The van der Waals surface area contributed by atoms with E-state index in [4.69, 9.17) is 18.9 Å².